The zero-order valence-corrected chi connectivity index (χ0v) is 21.9. The average Bonchev–Trinajstić information content (AvgIpc) is 3.59. The molecule has 2 aromatic heterocycles. The van der Waals surface area contributed by atoms with E-state index in [2.05, 4.69) is 42.5 Å². The minimum absolute atomic E-state index is 0.0747. The van der Waals surface area contributed by atoms with Gasteiger partial charge in [-0.05, 0) is 57.8 Å². The van der Waals surface area contributed by atoms with Crippen LogP contribution in [0, 0.1) is 0 Å². The number of aromatic nitrogens is 4. The second-order valence-corrected chi connectivity index (χ2v) is 10.3. The molecule has 0 bridgehead atoms. The Kier molecular flexibility index (Phi) is 7.39. The van der Waals surface area contributed by atoms with Gasteiger partial charge in [0.15, 0.2) is 6.23 Å². The van der Waals surface area contributed by atoms with Crippen LogP contribution in [0.2, 0.25) is 0 Å². The first kappa shape index (κ1) is 25.0. The molecule has 202 valence electrons. The monoisotopic (exact) mass is 520 g/mol. The molecule has 5 heterocycles. The van der Waals surface area contributed by atoms with E-state index >= 15 is 0 Å². The summed E-state index contributed by atoms with van der Waals surface area (Å²) in [5, 5.41) is 11.9. The molecular weight excluding hydrogens is 484 g/mol. The summed E-state index contributed by atoms with van der Waals surface area (Å²) < 4.78 is 13.9. The molecular formula is C27H36N8O3. The maximum Gasteiger partial charge on any atom is 0.319 e. The second kappa shape index (κ2) is 11.2. The van der Waals surface area contributed by atoms with E-state index in [-0.39, 0.29) is 23.8 Å². The molecule has 1 aromatic carbocycles. The van der Waals surface area contributed by atoms with Crippen LogP contribution in [0.3, 0.4) is 0 Å². The molecule has 0 spiro atoms. The second-order valence-electron chi connectivity index (χ2n) is 10.3. The molecule has 11 nitrogen and oxygen atoms in total. The third-order valence-electron chi connectivity index (χ3n) is 7.76. The number of benzene rings is 1. The predicted octanol–water partition coefficient (Wildman–Crippen LogP) is 2.66. The van der Waals surface area contributed by atoms with E-state index in [0.717, 1.165) is 82.3 Å². The first-order valence-electron chi connectivity index (χ1n) is 13.7. The number of nitrogens with one attached hydrogen (secondary N) is 2. The van der Waals surface area contributed by atoms with Crippen molar-refractivity contribution in [2.45, 2.75) is 44.4 Å². The Morgan fingerprint density at radius 3 is 2.84 bits per heavy atom. The number of hydrogen-bond acceptors (Lipinski definition) is 9. The minimum atomic E-state index is -0.305. The molecule has 1 unspecified atom stereocenters. The number of nitrogens with zero attached hydrogens (tertiary/aromatic N) is 6. The lowest BCUT2D eigenvalue weighted by molar-refractivity contribution is -0.0366. The summed E-state index contributed by atoms with van der Waals surface area (Å²) >= 11 is 0. The molecule has 0 aliphatic carbocycles. The van der Waals surface area contributed by atoms with Crippen LogP contribution in [-0.4, -0.2) is 89.6 Å². The van der Waals surface area contributed by atoms with Gasteiger partial charge in [0.1, 0.15) is 18.1 Å². The van der Waals surface area contributed by atoms with Crippen LogP contribution in [0.25, 0.3) is 10.9 Å². The molecule has 0 saturated carbocycles. The molecule has 11 heteroatoms. The van der Waals surface area contributed by atoms with Crippen LogP contribution in [0.5, 0.6) is 6.01 Å². The average molecular weight is 521 g/mol. The van der Waals surface area contributed by atoms with Crippen molar-refractivity contribution in [3.63, 3.8) is 0 Å². The van der Waals surface area contributed by atoms with Crippen LogP contribution in [0.1, 0.15) is 48.8 Å². The summed E-state index contributed by atoms with van der Waals surface area (Å²) in [7, 11) is 2.11. The summed E-state index contributed by atoms with van der Waals surface area (Å²) in [6, 6.07) is 8.16. The molecule has 3 fully saturated rings. The number of carbonyl (C=O) groups excluding carboxylic acids is 1. The molecule has 3 aliphatic rings. The Morgan fingerprint density at radius 2 is 2.05 bits per heavy atom. The van der Waals surface area contributed by atoms with Gasteiger partial charge < -0.3 is 29.9 Å². The summed E-state index contributed by atoms with van der Waals surface area (Å²) in [4.78, 5) is 27.2. The number of likely N-dealkylation sites (tertiary alicyclic amines) is 1. The molecule has 3 aromatic rings. The van der Waals surface area contributed by atoms with Gasteiger partial charge in [-0.3, -0.25) is 4.79 Å². The van der Waals surface area contributed by atoms with Crippen LogP contribution in [0.4, 0.5) is 11.5 Å². The van der Waals surface area contributed by atoms with Crippen molar-refractivity contribution < 1.29 is 14.3 Å². The number of amides is 1. The van der Waals surface area contributed by atoms with E-state index in [1.165, 1.54) is 0 Å². The SMILES string of the molecule is CN1CCC[C@H]1COc1nc(C(=O)Nc2cccc3c2cnn3C2CCCCO2)cc(N2CCNCC2)n1. The maximum absolute atomic E-state index is 13.5. The minimum Gasteiger partial charge on any atom is -0.462 e. The van der Waals surface area contributed by atoms with Gasteiger partial charge in [0.2, 0.25) is 0 Å². The van der Waals surface area contributed by atoms with Crippen molar-refractivity contribution in [2.24, 2.45) is 0 Å². The van der Waals surface area contributed by atoms with Crippen molar-refractivity contribution in [1.29, 1.82) is 0 Å². The van der Waals surface area contributed by atoms with Crippen molar-refractivity contribution in [3.8, 4) is 6.01 Å². The molecule has 2 N–H and O–H groups in total. The predicted molar refractivity (Wildman–Crippen MR) is 145 cm³/mol. The third-order valence-corrected chi connectivity index (χ3v) is 7.76. The van der Waals surface area contributed by atoms with E-state index in [4.69, 9.17) is 9.47 Å². The number of rotatable bonds is 7. The highest BCUT2D eigenvalue weighted by Gasteiger charge is 2.24. The zero-order valence-electron chi connectivity index (χ0n) is 21.9. The fourth-order valence-electron chi connectivity index (χ4n) is 5.52. The van der Waals surface area contributed by atoms with Gasteiger partial charge in [0, 0.05) is 50.3 Å². The van der Waals surface area contributed by atoms with Crippen molar-refractivity contribution in [1.82, 2.24) is 30.0 Å². The molecule has 3 saturated heterocycles. The van der Waals surface area contributed by atoms with E-state index in [9.17, 15) is 4.79 Å². The fourth-order valence-corrected chi connectivity index (χ4v) is 5.52. The van der Waals surface area contributed by atoms with Gasteiger partial charge in [0.25, 0.3) is 5.91 Å². The maximum atomic E-state index is 13.5. The first-order chi connectivity index (χ1) is 18.7. The lowest BCUT2D eigenvalue weighted by atomic mass is 10.1. The number of piperazine rings is 1. The van der Waals surface area contributed by atoms with Crippen molar-refractivity contribution in [2.75, 3.05) is 63.2 Å². The van der Waals surface area contributed by atoms with Gasteiger partial charge in [-0.25, -0.2) is 4.68 Å². The Bertz CT molecular complexity index is 1270. The number of hydrogen-bond donors (Lipinski definition) is 2. The smallest absolute Gasteiger partial charge is 0.319 e. The number of fused-ring (bicyclic) bond motifs is 1. The molecule has 0 radical (unpaired) electrons. The third kappa shape index (κ3) is 5.31. The Balaban J connectivity index is 1.25. The Labute approximate surface area is 222 Å². The summed E-state index contributed by atoms with van der Waals surface area (Å²) in [6.45, 7) is 5.67. The van der Waals surface area contributed by atoms with Gasteiger partial charge in [-0.2, -0.15) is 15.1 Å². The van der Waals surface area contributed by atoms with Crippen molar-refractivity contribution in [3.05, 3.63) is 36.2 Å². The van der Waals surface area contributed by atoms with Gasteiger partial charge in [-0.1, -0.05) is 6.07 Å². The van der Waals surface area contributed by atoms with E-state index in [0.29, 0.717) is 24.2 Å². The number of likely N-dealkylation sites (N-methyl/N-ethyl adjacent to an activating group) is 1. The molecule has 6 rings (SSSR count). The van der Waals surface area contributed by atoms with Crippen LogP contribution in [0.15, 0.2) is 30.5 Å². The lowest BCUT2D eigenvalue weighted by Gasteiger charge is -2.28. The molecule has 2 atom stereocenters. The molecule has 3 aliphatic heterocycles. The van der Waals surface area contributed by atoms with Crippen LogP contribution in [-0.2, 0) is 4.74 Å². The number of carbonyl (C=O) groups is 1. The lowest BCUT2D eigenvalue weighted by Crippen LogP contribution is -2.44. The van der Waals surface area contributed by atoms with Crippen LogP contribution < -0.4 is 20.3 Å². The highest BCUT2D eigenvalue weighted by molar-refractivity contribution is 6.08. The molecule has 1 amide bonds. The summed E-state index contributed by atoms with van der Waals surface area (Å²) in [6.07, 6.45) is 7.10. The van der Waals surface area contributed by atoms with Gasteiger partial charge in [-0.15, -0.1) is 0 Å². The Morgan fingerprint density at radius 1 is 1.16 bits per heavy atom. The fraction of sp³-hybridized carbons (Fsp3) is 0.556. The van der Waals surface area contributed by atoms with Crippen molar-refractivity contribution >= 4 is 28.3 Å². The topological polar surface area (TPSA) is 110 Å². The first-order valence-corrected chi connectivity index (χ1v) is 13.7. The van der Waals surface area contributed by atoms with E-state index in [1.807, 2.05) is 22.9 Å². The standard InChI is InChI=1S/C27H36N8O3/c1-33-12-5-6-19(33)18-38-27-31-22(16-24(32-27)34-13-10-28-11-14-34)26(36)30-21-7-4-8-23-20(21)17-29-35(23)25-9-2-3-15-37-25/h4,7-8,16-17,19,25,28H,2-3,5-6,9-15,18H2,1H3,(H,30,36)/t19-,25?/m0/s1. The largest absolute Gasteiger partial charge is 0.462 e. The zero-order chi connectivity index (χ0) is 25.9. The number of anilines is 2. The number of ether oxygens (including phenoxy) is 2. The highest BCUT2D eigenvalue weighted by atomic mass is 16.5. The molecule has 38 heavy (non-hydrogen) atoms. The normalized spacial score (nSPS) is 22.6. The van der Waals surface area contributed by atoms with E-state index < -0.39 is 0 Å². The van der Waals surface area contributed by atoms with Crippen LogP contribution >= 0.6 is 0 Å². The van der Waals surface area contributed by atoms with Gasteiger partial charge >= 0.3 is 6.01 Å². The van der Waals surface area contributed by atoms with Gasteiger partial charge in [0.05, 0.1) is 17.4 Å². The summed E-state index contributed by atoms with van der Waals surface area (Å²) in [5.41, 5.74) is 1.90. The summed E-state index contributed by atoms with van der Waals surface area (Å²) in [5.74, 6) is 0.405. The Hall–Kier alpha value is -3.28. The van der Waals surface area contributed by atoms with E-state index in [1.54, 1.807) is 12.3 Å². The quantitative estimate of drug-likeness (QED) is 0.486. The highest BCUT2D eigenvalue weighted by Crippen LogP contribution is 2.30.